The van der Waals surface area contributed by atoms with Gasteiger partial charge >= 0.3 is 0 Å². The number of nitrogens with one attached hydrogen (secondary N) is 4. The highest BCUT2D eigenvalue weighted by molar-refractivity contribution is 6.04. The number of carbonyl (C=O) groups excluding carboxylic acids is 3. The second-order valence-corrected chi connectivity index (χ2v) is 8.40. The number of carbonyl (C=O) groups is 3. The van der Waals surface area contributed by atoms with Gasteiger partial charge in [0.15, 0.2) is 0 Å². The Morgan fingerprint density at radius 2 is 1.81 bits per heavy atom. The number of hydrogen-bond donors (Lipinski definition) is 4. The van der Waals surface area contributed by atoms with Crippen LogP contribution in [-0.4, -0.2) is 40.8 Å². The molecule has 3 heterocycles. The quantitative estimate of drug-likeness (QED) is 0.577. The van der Waals surface area contributed by atoms with Gasteiger partial charge in [0.05, 0.1) is 11.5 Å². The highest BCUT2D eigenvalue weighted by Gasteiger charge is 2.35. The topological polar surface area (TPSA) is 136 Å². The number of H-pyrrole nitrogens is 1. The lowest BCUT2D eigenvalue weighted by molar-refractivity contribution is -0.123. The molecule has 3 amide bonds. The number of benzene rings is 1. The molecule has 2 aliphatic heterocycles. The summed E-state index contributed by atoms with van der Waals surface area (Å²) in [6.07, 6.45) is 1.98. The van der Waals surface area contributed by atoms with Crippen molar-refractivity contribution >= 4 is 40.9 Å². The lowest BCUT2D eigenvalue weighted by atomic mass is 9.92. The van der Waals surface area contributed by atoms with Crippen molar-refractivity contribution in [2.75, 3.05) is 33.9 Å². The van der Waals surface area contributed by atoms with Gasteiger partial charge in [-0.3, -0.25) is 24.2 Å². The Hall–Kier alpha value is -3.69. The summed E-state index contributed by atoms with van der Waals surface area (Å²) in [4.78, 5) is 58.6. The van der Waals surface area contributed by atoms with Crippen LogP contribution in [0.3, 0.4) is 0 Å². The lowest BCUT2D eigenvalue weighted by Gasteiger charge is -2.32. The zero-order valence-electron chi connectivity index (χ0n) is 18.0. The van der Waals surface area contributed by atoms with Crippen LogP contribution in [0.25, 0.3) is 0 Å². The number of piperidine rings is 1. The van der Waals surface area contributed by atoms with Gasteiger partial charge in [-0.1, -0.05) is 6.92 Å². The third-order valence-electron chi connectivity index (χ3n) is 5.68. The molecule has 0 radical (unpaired) electrons. The molecule has 2 aromatic rings. The van der Waals surface area contributed by atoms with Crippen molar-refractivity contribution < 1.29 is 14.4 Å². The molecule has 4 rings (SSSR count). The van der Waals surface area contributed by atoms with Crippen molar-refractivity contribution in [1.29, 1.82) is 0 Å². The van der Waals surface area contributed by atoms with Crippen molar-refractivity contribution in [2.45, 2.75) is 39.0 Å². The second kappa shape index (κ2) is 8.81. The van der Waals surface area contributed by atoms with Crippen LogP contribution in [0.1, 0.15) is 44.6 Å². The lowest BCUT2D eigenvalue weighted by Crippen LogP contribution is -2.40. The number of rotatable bonds is 4. The minimum Gasteiger partial charge on any atom is -0.342 e. The molecule has 10 heteroatoms. The summed E-state index contributed by atoms with van der Waals surface area (Å²) >= 11 is 0. The van der Waals surface area contributed by atoms with E-state index in [0.717, 1.165) is 25.9 Å². The van der Waals surface area contributed by atoms with E-state index in [1.807, 2.05) is 4.90 Å². The van der Waals surface area contributed by atoms with E-state index >= 15 is 0 Å². The van der Waals surface area contributed by atoms with Crippen LogP contribution in [0.2, 0.25) is 0 Å². The molecule has 1 aromatic heterocycles. The van der Waals surface area contributed by atoms with Crippen LogP contribution >= 0.6 is 0 Å². The van der Waals surface area contributed by atoms with E-state index in [1.54, 1.807) is 24.3 Å². The summed E-state index contributed by atoms with van der Waals surface area (Å²) in [7, 11) is 0. The minimum atomic E-state index is -0.959. The summed E-state index contributed by atoms with van der Waals surface area (Å²) in [5, 5.41) is 8.04. The van der Waals surface area contributed by atoms with Crippen LogP contribution in [0.5, 0.6) is 0 Å². The molecular formula is C22H26N6O4. The zero-order chi connectivity index (χ0) is 22.8. The Labute approximate surface area is 184 Å². The first-order valence-electron chi connectivity index (χ1n) is 10.7. The molecule has 10 nitrogen and oxygen atoms in total. The smallest absolute Gasteiger partial charge is 0.258 e. The summed E-state index contributed by atoms with van der Waals surface area (Å²) < 4.78 is 0. The molecule has 168 valence electrons. The number of aromatic amines is 1. The maximum atomic E-state index is 13.0. The number of anilines is 4. The number of nitrogens with zero attached hydrogens (tertiary/aromatic N) is 2. The van der Waals surface area contributed by atoms with Crippen molar-refractivity contribution in [2.24, 2.45) is 5.92 Å². The molecule has 0 aliphatic carbocycles. The number of aromatic nitrogens is 2. The second-order valence-electron chi connectivity index (χ2n) is 8.40. The van der Waals surface area contributed by atoms with E-state index in [0.29, 0.717) is 23.2 Å². The Bertz CT molecular complexity index is 1110. The Morgan fingerprint density at radius 1 is 1.12 bits per heavy atom. The van der Waals surface area contributed by atoms with E-state index in [2.05, 4.69) is 32.8 Å². The first-order valence-corrected chi connectivity index (χ1v) is 10.7. The fraction of sp³-hybridized carbons (Fsp3) is 0.409. The van der Waals surface area contributed by atoms with E-state index in [-0.39, 0.29) is 29.6 Å². The third-order valence-corrected chi connectivity index (χ3v) is 5.68. The average Bonchev–Trinajstić information content (AvgIpc) is 2.73. The molecule has 1 aromatic carbocycles. The van der Waals surface area contributed by atoms with E-state index < -0.39 is 17.4 Å². The molecule has 0 saturated carbocycles. The van der Waals surface area contributed by atoms with Crippen LogP contribution in [0.4, 0.5) is 23.1 Å². The van der Waals surface area contributed by atoms with Crippen LogP contribution < -0.4 is 26.4 Å². The number of amides is 3. The van der Waals surface area contributed by atoms with Gasteiger partial charge in [0.2, 0.25) is 23.7 Å². The predicted molar refractivity (Wildman–Crippen MR) is 121 cm³/mol. The Kier molecular flexibility index (Phi) is 5.93. The molecule has 32 heavy (non-hydrogen) atoms. The number of fused-ring (bicyclic) bond motifs is 1. The van der Waals surface area contributed by atoms with E-state index in [4.69, 9.17) is 0 Å². The van der Waals surface area contributed by atoms with Crippen molar-refractivity contribution in [3.63, 3.8) is 0 Å². The van der Waals surface area contributed by atoms with Gasteiger partial charge in [0, 0.05) is 37.8 Å². The predicted octanol–water partition coefficient (Wildman–Crippen LogP) is 2.03. The molecule has 0 bridgehead atoms. The van der Waals surface area contributed by atoms with Gasteiger partial charge in [-0.05, 0) is 43.0 Å². The van der Waals surface area contributed by atoms with Crippen molar-refractivity contribution in [1.82, 2.24) is 9.97 Å². The molecule has 2 aliphatic rings. The van der Waals surface area contributed by atoms with Crippen molar-refractivity contribution in [3.8, 4) is 0 Å². The van der Waals surface area contributed by atoms with Crippen LogP contribution in [-0.2, 0) is 14.4 Å². The van der Waals surface area contributed by atoms with Gasteiger partial charge in [-0.25, -0.2) is 0 Å². The third kappa shape index (κ3) is 4.63. The molecule has 0 spiro atoms. The van der Waals surface area contributed by atoms with E-state index in [9.17, 15) is 19.2 Å². The van der Waals surface area contributed by atoms with Gasteiger partial charge < -0.3 is 20.9 Å². The summed E-state index contributed by atoms with van der Waals surface area (Å²) in [5.41, 5.74) is 0.813. The van der Waals surface area contributed by atoms with Gasteiger partial charge in [0.25, 0.3) is 5.56 Å². The first kappa shape index (κ1) is 21.5. The van der Waals surface area contributed by atoms with Gasteiger partial charge in [0.1, 0.15) is 5.82 Å². The minimum absolute atomic E-state index is 0.138. The summed E-state index contributed by atoms with van der Waals surface area (Å²) in [6.45, 7) is 5.10. The SMILES string of the molecule is CC(=O)Nc1ccc(NC(=O)[C@@H]2CC(=O)Nc3nc(N4CCC[C@H](C)C4)[nH]c(=O)c32)cc1. The highest BCUT2D eigenvalue weighted by Crippen LogP contribution is 2.31. The standard InChI is InChI=1S/C22H26N6O4/c1-12-4-3-9-28(11-12)22-26-19-18(21(32)27-22)16(10-17(30)25-19)20(31)24-15-7-5-14(6-8-15)23-13(2)29/h5-8,12,16H,3-4,9-11H2,1-2H3,(H,23,29)(H,24,31)(H2,25,26,27,30,32)/t12-,16+/m0/s1. The Balaban J connectivity index is 1.57. The summed E-state index contributed by atoms with van der Waals surface area (Å²) in [5.74, 6) is -0.962. The van der Waals surface area contributed by atoms with Gasteiger partial charge in [-0.2, -0.15) is 4.98 Å². The first-order chi connectivity index (χ1) is 15.3. The molecule has 0 unspecified atom stereocenters. The van der Waals surface area contributed by atoms with Crippen LogP contribution in [0, 0.1) is 5.92 Å². The number of hydrogen-bond acceptors (Lipinski definition) is 6. The largest absolute Gasteiger partial charge is 0.342 e. The molecular weight excluding hydrogens is 412 g/mol. The molecule has 2 atom stereocenters. The zero-order valence-corrected chi connectivity index (χ0v) is 18.0. The Morgan fingerprint density at radius 3 is 2.47 bits per heavy atom. The summed E-state index contributed by atoms with van der Waals surface area (Å²) in [6, 6.07) is 6.57. The molecule has 1 saturated heterocycles. The monoisotopic (exact) mass is 438 g/mol. The van der Waals surface area contributed by atoms with Crippen LogP contribution in [0.15, 0.2) is 29.1 Å². The highest BCUT2D eigenvalue weighted by atomic mass is 16.2. The molecule has 4 N–H and O–H groups in total. The van der Waals surface area contributed by atoms with Crippen molar-refractivity contribution in [3.05, 3.63) is 40.2 Å². The molecule has 1 fully saturated rings. The van der Waals surface area contributed by atoms with E-state index in [1.165, 1.54) is 6.92 Å². The maximum Gasteiger partial charge on any atom is 0.258 e. The maximum absolute atomic E-state index is 13.0. The average molecular weight is 438 g/mol. The van der Waals surface area contributed by atoms with Gasteiger partial charge in [-0.15, -0.1) is 0 Å². The fourth-order valence-corrected chi connectivity index (χ4v) is 4.18. The normalized spacial score (nSPS) is 20.2. The fourth-order valence-electron chi connectivity index (χ4n) is 4.18.